The van der Waals surface area contributed by atoms with Gasteiger partial charge in [-0.1, -0.05) is 6.07 Å². The van der Waals surface area contributed by atoms with Crippen LogP contribution < -0.4 is 10.9 Å². The number of aromatic hydroxyl groups is 1. The van der Waals surface area contributed by atoms with Gasteiger partial charge in [0.05, 0.1) is 18.0 Å². The van der Waals surface area contributed by atoms with Gasteiger partial charge in [0, 0.05) is 58.8 Å². The molecule has 0 aliphatic carbocycles. The van der Waals surface area contributed by atoms with E-state index in [9.17, 15) is 36.3 Å². The van der Waals surface area contributed by atoms with Crippen LogP contribution in [0.1, 0.15) is 34.7 Å². The molecule has 1 unspecified atom stereocenters. The molecular formula is C23H28FN5O9S2. The molecule has 1 aromatic carbocycles. The van der Waals surface area contributed by atoms with Crippen LogP contribution in [-0.2, 0) is 49.5 Å². The minimum absolute atomic E-state index is 0.000127. The summed E-state index contributed by atoms with van der Waals surface area (Å²) in [5.41, 5.74) is -2.21. The van der Waals surface area contributed by atoms with Gasteiger partial charge < -0.3 is 19.9 Å². The van der Waals surface area contributed by atoms with E-state index in [2.05, 4.69) is 10.3 Å². The molecule has 0 bridgehead atoms. The van der Waals surface area contributed by atoms with Crippen molar-refractivity contribution in [2.75, 3.05) is 46.0 Å². The topological polar surface area (TPSA) is 181 Å². The van der Waals surface area contributed by atoms with Crippen molar-refractivity contribution >= 4 is 27.2 Å². The fourth-order valence-electron chi connectivity index (χ4n) is 5.10. The first kappa shape index (κ1) is 28.7. The number of sulfonamides is 1. The second kappa shape index (κ2) is 11.2. The first-order valence-electron chi connectivity index (χ1n) is 12.5. The Hall–Kier alpha value is -2.80. The molecule has 0 radical (unpaired) electrons. The number of nitrogens with one attached hydrogen (secondary N) is 1. The van der Waals surface area contributed by atoms with Crippen molar-refractivity contribution < 1.29 is 40.9 Å². The highest BCUT2D eigenvalue weighted by Crippen LogP contribution is 2.37. The molecule has 218 valence electrons. The fraction of sp³-hybridized carbons (Fsp3) is 0.522. The van der Waals surface area contributed by atoms with Gasteiger partial charge in [0.2, 0.25) is 27.0 Å². The van der Waals surface area contributed by atoms with Gasteiger partial charge >= 0.3 is 0 Å². The Morgan fingerprint density at radius 1 is 1.15 bits per heavy atom. The molecule has 1 atom stereocenters. The van der Waals surface area contributed by atoms with Crippen LogP contribution in [0.25, 0.3) is 0 Å². The van der Waals surface area contributed by atoms with E-state index in [0.717, 1.165) is 16.4 Å². The largest absolute Gasteiger partial charge is 0.501 e. The van der Waals surface area contributed by atoms with Crippen LogP contribution in [0.2, 0.25) is 0 Å². The van der Waals surface area contributed by atoms with Crippen molar-refractivity contribution in [3.8, 4) is 5.75 Å². The number of halogens is 1. The normalized spacial score (nSPS) is 20.6. The Balaban J connectivity index is 1.40. The molecule has 2 saturated heterocycles. The molecule has 0 saturated carbocycles. The highest BCUT2D eigenvalue weighted by molar-refractivity contribution is 7.89. The maximum atomic E-state index is 14.2. The van der Waals surface area contributed by atoms with E-state index < -0.39 is 55.6 Å². The van der Waals surface area contributed by atoms with Gasteiger partial charge in [0.25, 0.3) is 11.5 Å². The lowest BCUT2D eigenvalue weighted by atomic mass is 9.91. The Kier molecular flexibility index (Phi) is 8.06. The molecule has 2 aromatic rings. The van der Waals surface area contributed by atoms with E-state index in [-0.39, 0.29) is 62.2 Å². The molecule has 3 aliphatic heterocycles. The van der Waals surface area contributed by atoms with E-state index in [4.69, 9.17) is 9.47 Å². The number of amides is 1. The Morgan fingerprint density at radius 2 is 1.85 bits per heavy atom. The summed E-state index contributed by atoms with van der Waals surface area (Å²) in [4.78, 5) is 30.0. The molecule has 1 spiro atoms. The van der Waals surface area contributed by atoms with Crippen LogP contribution in [0.5, 0.6) is 5.75 Å². The minimum Gasteiger partial charge on any atom is -0.501 e. The lowest BCUT2D eigenvalue weighted by Gasteiger charge is -2.40. The maximum Gasteiger partial charge on any atom is 0.296 e. The third kappa shape index (κ3) is 5.29. The Labute approximate surface area is 231 Å². The molecule has 14 nitrogen and oxygen atoms in total. The summed E-state index contributed by atoms with van der Waals surface area (Å²) in [7, 11) is -4.23. The van der Waals surface area contributed by atoms with Crippen molar-refractivity contribution in [1.82, 2.24) is 23.5 Å². The second-order valence-corrected chi connectivity index (χ2v) is 12.4. The molecule has 1 aromatic heterocycles. The van der Waals surface area contributed by atoms with Gasteiger partial charge in [-0.25, -0.2) is 22.0 Å². The summed E-state index contributed by atoms with van der Waals surface area (Å²) in [5.74, 6) is -2.38. The van der Waals surface area contributed by atoms with Gasteiger partial charge in [-0.05, 0) is 17.7 Å². The van der Waals surface area contributed by atoms with Gasteiger partial charge in [0.15, 0.2) is 5.69 Å². The maximum absolute atomic E-state index is 14.2. The van der Waals surface area contributed by atoms with E-state index in [1.165, 1.54) is 14.9 Å². The van der Waals surface area contributed by atoms with Crippen LogP contribution >= 0.6 is 0 Å². The SMILES string of the molecule is O=C(NCc1ccc(F)cc1S(=O)(=O)N1CCN(S(=O)O)CC1)c1nc2n(c(=O)c1O)CCOC21CCOCC1. The zero-order chi connectivity index (χ0) is 28.7. The van der Waals surface area contributed by atoms with Crippen LogP contribution in [0.15, 0.2) is 27.9 Å². The molecule has 17 heteroatoms. The number of ether oxygens (including phenoxy) is 2. The van der Waals surface area contributed by atoms with Crippen LogP contribution in [0.3, 0.4) is 0 Å². The summed E-state index contributed by atoms with van der Waals surface area (Å²) in [6.07, 6.45) is 0.815. The molecule has 3 aliphatic rings. The predicted octanol–water partition coefficient (Wildman–Crippen LogP) is -0.503. The number of aromatic nitrogens is 2. The van der Waals surface area contributed by atoms with Crippen LogP contribution in [0.4, 0.5) is 4.39 Å². The molecule has 2 fully saturated rings. The average molecular weight is 602 g/mol. The van der Waals surface area contributed by atoms with Gasteiger partial charge in [-0.3, -0.25) is 18.7 Å². The van der Waals surface area contributed by atoms with E-state index in [0.29, 0.717) is 26.1 Å². The number of fused-ring (bicyclic) bond motifs is 2. The van der Waals surface area contributed by atoms with Crippen molar-refractivity contribution in [3.63, 3.8) is 0 Å². The first-order valence-corrected chi connectivity index (χ1v) is 15.0. The fourth-order valence-corrected chi connectivity index (χ4v) is 7.23. The van der Waals surface area contributed by atoms with E-state index in [1.807, 2.05) is 0 Å². The molecule has 5 rings (SSSR count). The van der Waals surface area contributed by atoms with Gasteiger partial charge in [0.1, 0.15) is 17.2 Å². The number of hydrogen-bond acceptors (Lipinski definition) is 9. The van der Waals surface area contributed by atoms with Gasteiger partial charge in [-0.2, -0.15) is 8.61 Å². The third-order valence-electron chi connectivity index (χ3n) is 7.27. The van der Waals surface area contributed by atoms with Crippen molar-refractivity contribution in [1.29, 1.82) is 0 Å². The van der Waals surface area contributed by atoms with Crippen molar-refractivity contribution in [2.45, 2.75) is 36.4 Å². The quantitative estimate of drug-likeness (QED) is 0.365. The molecular weight excluding hydrogens is 573 g/mol. The zero-order valence-electron chi connectivity index (χ0n) is 21.2. The average Bonchev–Trinajstić information content (AvgIpc) is 2.95. The van der Waals surface area contributed by atoms with Crippen LogP contribution in [0, 0.1) is 5.82 Å². The lowest BCUT2D eigenvalue weighted by Crippen LogP contribution is -2.49. The Morgan fingerprint density at radius 3 is 2.52 bits per heavy atom. The third-order valence-corrected chi connectivity index (χ3v) is 10.1. The van der Waals surface area contributed by atoms with Crippen molar-refractivity contribution in [3.05, 3.63) is 51.5 Å². The van der Waals surface area contributed by atoms with E-state index in [1.54, 1.807) is 0 Å². The van der Waals surface area contributed by atoms with E-state index >= 15 is 0 Å². The lowest BCUT2D eigenvalue weighted by molar-refractivity contribution is -0.139. The number of piperazine rings is 1. The number of carbonyl (C=O) groups excluding carboxylic acids is 1. The number of carbonyl (C=O) groups is 1. The number of benzene rings is 1. The minimum atomic E-state index is -4.23. The summed E-state index contributed by atoms with van der Waals surface area (Å²) in [6, 6.07) is 3.09. The van der Waals surface area contributed by atoms with Crippen LogP contribution in [-0.4, -0.2) is 92.4 Å². The smallest absolute Gasteiger partial charge is 0.296 e. The summed E-state index contributed by atoms with van der Waals surface area (Å²) < 4.78 is 76.3. The number of hydrogen-bond donors (Lipinski definition) is 3. The monoisotopic (exact) mass is 601 g/mol. The molecule has 3 N–H and O–H groups in total. The number of rotatable bonds is 6. The summed E-state index contributed by atoms with van der Waals surface area (Å²) >= 11 is -2.24. The standard InChI is InChI=1S/C23H28FN5O9S2/c24-16-2-1-15(17(13-16)40(35,36)28-7-5-27(6-8-28)39(33)34)14-25-20(31)18-19(30)21(32)29-9-12-38-23(22(29)26-18)3-10-37-11-4-23/h1-2,13,30H,3-12,14H2,(H,25,31)(H,33,34). The second-order valence-electron chi connectivity index (χ2n) is 9.54. The zero-order valence-corrected chi connectivity index (χ0v) is 22.9. The molecule has 1 amide bonds. The summed E-state index contributed by atoms with van der Waals surface area (Å²) in [6.45, 7) is 0.543. The van der Waals surface area contributed by atoms with Crippen molar-refractivity contribution in [2.24, 2.45) is 0 Å². The highest BCUT2D eigenvalue weighted by Gasteiger charge is 2.43. The Bertz CT molecular complexity index is 1500. The summed E-state index contributed by atoms with van der Waals surface area (Å²) in [5, 5.41) is 13.0. The molecule has 4 heterocycles. The molecule has 40 heavy (non-hydrogen) atoms. The predicted molar refractivity (Wildman–Crippen MR) is 137 cm³/mol. The highest BCUT2D eigenvalue weighted by atomic mass is 32.2. The first-order chi connectivity index (χ1) is 19.0. The van der Waals surface area contributed by atoms with Gasteiger partial charge in [-0.15, -0.1) is 0 Å². The number of nitrogens with zero attached hydrogens (tertiary/aromatic N) is 4.